The van der Waals surface area contributed by atoms with Crippen LogP contribution in [0.25, 0.3) is 0 Å². The minimum atomic E-state index is -1.26. The van der Waals surface area contributed by atoms with Crippen LogP contribution in [0.3, 0.4) is 0 Å². The van der Waals surface area contributed by atoms with Crippen LogP contribution >= 0.6 is 0 Å². The fourth-order valence-electron chi connectivity index (χ4n) is 0.524. The highest BCUT2D eigenvalue weighted by Crippen LogP contribution is 2.03. The number of hydrogen-bond donors (Lipinski definition) is 0. The first-order valence-corrected chi connectivity index (χ1v) is 2.82. The Kier molecular flexibility index (Phi) is 3.45. The largest absolute Gasteiger partial charge is 0.372 e. The van der Waals surface area contributed by atoms with E-state index in [2.05, 4.69) is 0 Å². The van der Waals surface area contributed by atoms with Crippen molar-refractivity contribution < 1.29 is 9.90 Å². The van der Waals surface area contributed by atoms with Crippen LogP contribution in [0, 0.1) is 17.2 Å². The molecule has 0 fully saturated rings. The molecule has 0 rings (SSSR count). The first-order valence-electron chi connectivity index (χ1n) is 2.82. The van der Waals surface area contributed by atoms with E-state index >= 15 is 0 Å². The molecular formula is C6H8NO2. The molecule has 0 aromatic rings. The fraction of sp³-hybridized carbons (Fsp3) is 0.667. The first-order chi connectivity index (χ1) is 4.22. The van der Waals surface area contributed by atoms with Crippen molar-refractivity contribution in [2.75, 3.05) is 0 Å². The van der Waals surface area contributed by atoms with Gasteiger partial charge in [0.05, 0.1) is 6.07 Å². The number of carbonyl (C=O) groups is 1. The highest BCUT2D eigenvalue weighted by molar-refractivity contribution is 5.72. The lowest BCUT2D eigenvalue weighted by Gasteiger charge is -1.94. The molecule has 0 saturated heterocycles. The zero-order valence-electron chi connectivity index (χ0n) is 5.26. The van der Waals surface area contributed by atoms with Crippen LogP contribution in [-0.4, -0.2) is 5.97 Å². The lowest BCUT2D eigenvalue weighted by molar-refractivity contribution is -0.146. The van der Waals surface area contributed by atoms with Gasteiger partial charge in [-0.15, -0.1) is 0 Å². The molecule has 1 radical (unpaired) electrons. The summed E-state index contributed by atoms with van der Waals surface area (Å²) >= 11 is 0. The summed E-state index contributed by atoms with van der Waals surface area (Å²) in [5, 5.41) is 18.1. The molecule has 0 aliphatic heterocycles. The average molecular weight is 126 g/mol. The average Bonchev–Trinajstić information content (AvgIpc) is 1.82. The summed E-state index contributed by atoms with van der Waals surface area (Å²) < 4.78 is 0. The quantitative estimate of drug-likeness (QED) is 0.563. The predicted molar refractivity (Wildman–Crippen MR) is 29.7 cm³/mol. The maximum absolute atomic E-state index is 9.99. The Bertz CT molecular complexity index is 136. The van der Waals surface area contributed by atoms with Gasteiger partial charge in [-0.3, -0.25) is 0 Å². The summed E-state index contributed by atoms with van der Waals surface area (Å²) in [5.74, 6) is -2.19. The number of rotatable bonds is 3. The SMILES string of the molecule is CCCC(C#N)C([O])=O. The van der Waals surface area contributed by atoms with Gasteiger partial charge in [0.15, 0.2) is 0 Å². The van der Waals surface area contributed by atoms with Crippen molar-refractivity contribution in [2.45, 2.75) is 19.8 Å². The van der Waals surface area contributed by atoms with Gasteiger partial charge in [-0.1, -0.05) is 13.3 Å². The van der Waals surface area contributed by atoms with Gasteiger partial charge in [0.25, 0.3) is 0 Å². The molecule has 9 heavy (non-hydrogen) atoms. The van der Waals surface area contributed by atoms with Crippen molar-refractivity contribution in [1.29, 1.82) is 5.26 Å². The minimum Gasteiger partial charge on any atom is -0.246 e. The molecule has 0 aliphatic carbocycles. The Labute approximate surface area is 53.9 Å². The molecule has 0 heterocycles. The van der Waals surface area contributed by atoms with E-state index in [-0.39, 0.29) is 0 Å². The van der Waals surface area contributed by atoms with E-state index in [1.165, 1.54) is 0 Å². The van der Waals surface area contributed by atoms with E-state index in [9.17, 15) is 9.90 Å². The van der Waals surface area contributed by atoms with Crippen molar-refractivity contribution in [3.05, 3.63) is 0 Å². The van der Waals surface area contributed by atoms with Crippen molar-refractivity contribution in [2.24, 2.45) is 5.92 Å². The van der Waals surface area contributed by atoms with E-state index < -0.39 is 11.9 Å². The van der Waals surface area contributed by atoms with Crippen LogP contribution in [-0.2, 0) is 9.90 Å². The van der Waals surface area contributed by atoms with Crippen LogP contribution < -0.4 is 0 Å². The van der Waals surface area contributed by atoms with Gasteiger partial charge in [0.1, 0.15) is 5.92 Å². The number of hydrogen-bond acceptors (Lipinski definition) is 2. The van der Waals surface area contributed by atoms with Crippen LogP contribution in [0.5, 0.6) is 0 Å². The van der Waals surface area contributed by atoms with E-state index in [0.717, 1.165) is 0 Å². The van der Waals surface area contributed by atoms with Gasteiger partial charge < -0.3 is 0 Å². The Morgan fingerprint density at radius 2 is 2.33 bits per heavy atom. The lowest BCUT2D eigenvalue weighted by atomic mass is 10.1. The highest BCUT2D eigenvalue weighted by atomic mass is 16.4. The molecule has 0 spiro atoms. The Hall–Kier alpha value is -1.04. The number of carbonyl (C=O) groups excluding carboxylic acids is 1. The number of nitrogens with zero attached hydrogens (tertiary/aromatic N) is 1. The lowest BCUT2D eigenvalue weighted by Crippen LogP contribution is -2.08. The third kappa shape index (κ3) is 2.70. The standard InChI is InChI=1S/C6H8NO2/c1-2-3-5(4-7)6(8)9/h5H,2-3H2,1H3. The molecule has 1 unspecified atom stereocenters. The summed E-state index contributed by atoms with van der Waals surface area (Å²) in [5.41, 5.74) is 0. The predicted octanol–water partition coefficient (Wildman–Crippen LogP) is 0.883. The summed E-state index contributed by atoms with van der Waals surface area (Å²) in [6.07, 6.45) is 1.09. The second kappa shape index (κ2) is 3.90. The van der Waals surface area contributed by atoms with Crippen LogP contribution in [0.2, 0.25) is 0 Å². The van der Waals surface area contributed by atoms with Gasteiger partial charge in [0.2, 0.25) is 0 Å². The fourth-order valence-corrected chi connectivity index (χ4v) is 0.524. The van der Waals surface area contributed by atoms with Gasteiger partial charge in [0, 0.05) is 0 Å². The van der Waals surface area contributed by atoms with E-state index in [1.54, 1.807) is 6.07 Å². The molecule has 0 aromatic carbocycles. The van der Waals surface area contributed by atoms with E-state index in [1.807, 2.05) is 6.92 Å². The van der Waals surface area contributed by atoms with Crippen molar-refractivity contribution in [3.63, 3.8) is 0 Å². The van der Waals surface area contributed by atoms with Crippen molar-refractivity contribution >= 4 is 5.97 Å². The van der Waals surface area contributed by atoms with Crippen molar-refractivity contribution in [1.82, 2.24) is 0 Å². The highest BCUT2D eigenvalue weighted by Gasteiger charge is 2.16. The summed E-state index contributed by atoms with van der Waals surface area (Å²) in [4.78, 5) is 9.99. The second-order valence-electron chi connectivity index (χ2n) is 1.79. The second-order valence-corrected chi connectivity index (χ2v) is 1.79. The maximum Gasteiger partial charge on any atom is 0.372 e. The molecule has 0 bridgehead atoms. The maximum atomic E-state index is 9.99. The zero-order valence-corrected chi connectivity index (χ0v) is 5.26. The number of nitriles is 1. The molecule has 0 amide bonds. The molecule has 0 aliphatic rings. The van der Waals surface area contributed by atoms with Crippen molar-refractivity contribution in [3.8, 4) is 6.07 Å². The third-order valence-corrected chi connectivity index (χ3v) is 1.02. The van der Waals surface area contributed by atoms with Gasteiger partial charge in [-0.05, 0) is 6.42 Å². The summed E-state index contributed by atoms with van der Waals surface area (Å²) in [6.45, 7) is 1.83. The topological polar surface area (TPSA) is 60.8 Å². The normalized spacial score (nSPS) is 12.0. The van der Waals surface area contributed by atoms with Crippen LogP contribution in [0.15, 0.2) is 0 Å². The van der Waals surface area contributed by atoms with Gasteiger partial charge in [-0.25, -0.2) is 9.90 Å². The Morgan fingerprint density at radius 1 is 1.78 bits per heavy atom. The monoisotopic (exact) mass is 126 g/mol. The molecule has 0 N–H and O–H groups in total. The molecule has 1 atom stereocenters. The molecule has 3 heteroatoms. The third-order valence-electron chi connectivity index (χ3n) is 1.02. The Morgan fingerprint density at radius 3 is 2.44 bits per heavy atom. The van der Waals surface area contributed by atoms with Gasteiger partial charge >= 0.3 is 5.97 Å². The first kappa shape index (κ1) is 7.96. The van der Waals surface area contributed by atoms with E-state index in [4.69, 9.17) is 5.26 Å². The summed E-state index contributed by atoms with van der Waals surface area (Å²) in [7, 11) is 0. The van der Waals surface area contributed by atoms with Crippen LogP contribution in [0.1, 0.15) is 19.8 Å². The minimum absolute atomic E-state index is 0.388. The summed E-state index contributed by atoms with van der Waals surface area (Å²) in [6, 6.07) is 1.64. The smallest absolute Gasteiger partial charge is 0.246 e. The molecule has 0 aromatic heterocycles. The molecule has 49 valence electrons. The molecular weight excluding hydrogens is 118 g/mol. The zero-order chi connectivity index (χ0) is 7.28. The Balaban J connectivity index is 3.72. The van der Waals surface area contributed by atoms with E-state index in [0.29, 0.717) is 12.8 Å². The molecule has 0 saturated carbocycles. The van der Waals surface area contributed by atoms with Crippen LogP contribution in [0.4, 0.5) is 0 Å². The van der Waals surface area contributed by atoms with Gasteiger partial charge in [-0.2, -0.15) is 5.26 Å². The molecule has 3 nitrogen and oxygen atoms in total.